The number of fused-ring (bicyclic) bond motifs is 1. The predicted octanol–water partition coefficient (Wildman–Crippen LogP) is 5.97. The Hall–Kier alpha value is -2.94. The van der Waals surface area contributed by atoms with E-state index in [1.54, 1.807) is 25.1 Å². The lowest BCUT2D eigenvalue weighted by Gasteiger charge is -2.32. The first-order chi connectivity index (χ1) is 18.4. The van der Waals surface area contributed by atoms with Crippen LogP contribution in [0.1, 0.15) is 48.3 Å². The smallest absolute Gasteiger partial charge is 0.170 e. The van der Waals surface area contributed by atoms with E-state index in [1.807, 2.05) is 42.5 Å². The van der Waals surface area contributed by atoms with Crippen molar-refractivity contribution >= 4 is 22.6 Å². The van der Waals surface area contributed by atoms with Crippen LogP contribution in [0.3, 0.4) is 0 Å². The standard InChI is InChI=1S/C28H26ClFO5.C2H6O/c29-25-9-6-18(27-14-21(32)13-23(15-31)34-27)11-20(25)10-17-4-7-22(8-5-17)33-16-24-12-19-2-1-3-26(30)28(19)35-24;1-2-3/h1-9,11-12,21,23,27,31-32H,10,13-16H2;3H,2H2,1H3. The highest BCUT2D eigenvalue weighted by Gasteiger charge is 2.29. The Labute approximate surface area is 226 Å². The summed E-state index contributed by atoms with van der Waals surface area (Å²) in [5.74, 6) is 0.839. The van der Waals surface area contributed by atoms with Crippen LogP contribution >= 0.6 is 11.6 Å². The van der Waals surface area contributed by atoms with Gasteiger partial charge in [-0.1, -0.05) is 48.0 Å². The first-order valence-electron chi connectivity index (χ1n) is 12.6. The molecule has 3 unspecified atom stereocenters. The zero-order valence-electron chi connectivity index (χ0n) is 21.1. The van der Waals surface area contributed by atoms with Crippen molar-refractivity contribution in [3.05, 3.63) is 100 Å². The summed E-state index contributed by atoms with van der Waals surface area (Å²) >= 11 is 6.47. The molecule has 0 aliphatic carbocycles. The van der Waals surface area contributed by atoms with Crippen molar-refractivity contribution in [2.75, 3.05) is 13.2 Å². The summed E-state index contributed by atoms with van der Waals surface area (Å²) in [7, 11) is 0. The number of hydrogen-bond donors (Lipinski definition) is 3. The van der Waals surface area contributed by atoms with Gasteiger partial charge in [-0.25, -0.2) is 4.39 Å². The number of rotatable bonds is 7. The third-order valence-electron chi connectivity index (χ3n) is 6.27. The molecule has 1 aliphatic rings. The summed E-state index contributed by atoms with van der Waals surface area (Å²) in [5.41, 5.74) is 3.18. The molecule has 0 bridgehead atoms. The average Bonchev–Trinajstić information content (AvgIpc) is 3.34. The van der Waals surface area contributed by atoms with Gasteiger partial charge in [0.25, 0.3) is 0 Å². The zero-order chi connectivity index (χ0) is 27.1. The fraction of sp³-hybridized carbons (Fsp3) is 0.333. The summed E-state index contributed by atoms with van der Waals surface area (Å²) in [5, 5.41) is 28.5. The molecule has 5 rings (SSSR count). The first kappa shape index (κ1) is 28.1. The molecule has 1 aromatic heterocycles. The van der Waals surface area contributed by atoms with E-state index >= 15 is 0 Å². The fourth-order valence-electron chi connectivity index (χ4n) is 4.48. The number of aliphatic hydroxyl groups excluding tert-OH is 3. The summed E-state index contributed by atoms with van der Waals surface area (Å²) < 4.78 is 31.1. The minimum atomic E-state index is -0.504. The molecule has 6 nitrogen and oxygen atoms in total. The number of hydrogen-bond acceptors (Lipinski definition) is 6. The maximum atomic E-state index is 13.8. The van der Waals surface area contributed by atoms with E-state index in [-0.39, 0.29) is 43.4 Å². The van der Waals surface area contributed by atoms with Crippen molar-refractivity contribution < 1.29 is 33.6 Å². The lowest BCUT2D eigenvalue weighted by Crippen LogP contribution is -2.33. The molecule has 1 saturated heterocycles. The first-order valence-corrected chi connectivity index (χ1v) is 13.0. The summed E-state index contributed by atoms with van der Waals surface area (Å²) in [6, 6.07) is 20.1. The summed E-state index contributed by atoms with van der Waals surface area (Å²) in [6.07, 6.45) is 0.394. The van der Waals surface area contributed by atoms with E-state index < -0.39 is 6.10 Å². The van der Waals surface area contributed by atoms with Crippen molar-refractivity contribution in [1.82, 2.24) is 0 Å². The van der Waals surface area contributed by atoms with Gasteiger partial charge in [-0.05, 0) is 60.4 Å². The van der Waals surface area contributed by atoms with Gasteiger partial charge < -0.3 is 29.2 Å². The highest BCUT2D eigenvalue weighted by Crippen LogP contribution is 2.34. The van der Waals surface area contributed by atoms with Crippen LogP contribution in [0.15, 0.2) is 71.1 Å². The van der Waals surface area contributed by atoms with Crippen molar-refractivity contribution in [2.45, 2.75) is 51.1 Å². The SMILES string of the molecule is CCO.OCC1CC(O)CC(c2ccc(Cl)c(Cc3ccc(OCc4cc5cccc(F)c5o4)cc3)c2)O1. The highest BCUT2D eigenvalue weighted by atomic mass is 35.5. The van der Waals surface area contributed by atoms with Crippen LogP contribution < -0.4 is 4.74 Å². The van der Waals surface area contributed by atoms with Gasteiger partial charge in [0, 0.05) is 29.9 Å². The van der Waals surface area contributed by atoms with Crippen LogP contribution in [-0.4, -0.2) is 40.7 Å². The largest absolute Gasteiger partial charge is 0.486 e. The van der Waals surface area contributed by atoms with Crippen LogP contribution in [0.4, 0.5) is 4.39 Å². The van der Waals surface area contributed by atoms with Gasteiger partial charge in [0.05, 0.1) is 24.9 Å². The molecule has 202 valence electrons. The zero-order valence-corrected chi connectivity index (χ0v) is 21.9. The third kappa shape index (κ3) is 7.12. The molecule has 1 aliphatic heterocycles. The Morgan fingerprint density at radius 3 is 2.50 bits per heavy atom. The highest BCUT2D eigenvalue weighted by molar-refractivity contribution is 6.31. The normalized spacial score (nSPS) is 19.2. The van der Waals surface area contributed by atoms with E-state index in [9.17, 15) is 14.6 Å². The number of benzene rings is 3. The molecule has 0 amide bonds. The second-order valence-electron chi connectivity index (χ2n) is 9.20. The van der Waals surface area contributed by atoms with E-state index in [0.29, 0.717) is 41.2 Å². The molecular weight excluding hydrogens is 511 g/mol. The maximum Gasteiger partial charge on any atom is 0.170 e. The Morgan fingerprint density at radius 1 is 1.03 bits per heavy atom. The Balaban J connectivity index is 0.00000107. The van der Waals surface area contributed by atoms with Crippen LogP contribution in [0.5, 0.6) is 5.75 Å². The van der Waals surface area contributed by atoms with Crippen molar-refractivity contribution in [3.8, 4) is 5.75 Å². The molecule has 3 N–H and O–H groups in total. The number of halogens is 2. The summed E-state index contributed by atoms with van der Waals surface area (Å²) in [6.45, 7) is 2.01. The van der Waals surface area contributed by atoms with E-state index in [1.165, 1.54) is 6.07 Å². The van der Waals surface area contributed by atoms with E-state index in [2.05, 4.69) is 0 Å². The number of para-hydroxylation sites is 1. The molecule has 2 heterocycles. The monoisotopic (exact) mass is 542 g/mol. The van der Waals surface area contributed by atoms with Gasteiger partial charge in [0.1, 0.15) is 18.1 Å². The van der Waals surface area contributed by atoms with Crippen LogP contribution in [0.25, 0.3) is 11.0 Å². The van der Waals surface area contributed by atoms with Gasteiger partial charge in [-0.2, -0.15) is 0 Å². The molecule has 1 fully saturated rings. The van der Waals surface area contributed by atoms with Crippen molar-refractivity contribution in [1.29, 1.82) is 0 Å². The lowest BCUT2D eigenvalue weighted by molar-refractivity contribution is -0.113. The minimum absolute atomic E-state index is 0.115. The average molecular weight is 543 g/mol. The number of aliphatic hydroxyl groups is 3. The molecule has 4 aromatic rings. The van der Waals surface area contributed by atoms with E-state index in [4.69, 9.17) is 30.6 Å². The topological polar surface area (TPSA) is 92.3 Å². The second-order valence-corrected chi connectivity index (χ2v) is 9.61. The molecular formula is C30H32ClFO6. The Bertz CT molecular complexity index is 1320. The third-order valence-corrected chi connectivity index (χ3v) is 6.64. The fourth-order valence-corrected chi connectivity index (χ4v) is 4.67. The molecule has 0 radical (unpaired) electrons. The van der Waals surface area contributed by atoms with E-state index in [0.717, 1.165) is 16.7 Å². The molecule has 3 atom stereocenters. The Kier molecular flexibility index (Phi) is 9.77. The summed E-state index contributed by atoms with van der Waals surface area (Å²) in [4.78, 5) is 0. The van der Waals surface area contributed by atoms with Gasteiger partial charge in [-0.3, -0.25) is 0 Å². The molecule has 3 aromatic carbocycles. The van der Waals surface area contributed by atoms with Gasteiger partial charge in [0.15, 0.2) is 11.4 Å². The maximum absolute atomic E-state index is 13.8. The van der Waals surface area contributed by atoms with Crippen LogP contribution in [0, 0.1) is 5.82 Å². The van der Waals surface area contributed by atoms with Gasteiger partial charge in [0.2, 0.25) is 0 Å². The van der Waals surface area contributed by atoms with Gasteiger partial charge >= 0.3 is 0 Å². The van der Waals surface area contributed by atoms with Crippen molar-refractivity contribution in [2.24, 2.45) is 0 Å². The number of ether oxygens (including phenoxy) is 2. The quantitative estimate of drug-likeness (QED) is 0.266. The van der Waals surface area contributed by atoms with Crippen LogP contribution in [0.2, 0.25) is 5.02 Å². The minimum Gasteiger partial charge on any atom is -0.486 e. The van der Waals surface area contributed by atoms with Gasteiger partial charge in [-0.15, -0.1) is 0 Å². The molecule has 0 spiro atoms. The molecule has 8 heteroatoms. The van der Waals surface area contributed by atoms with Crippen LogP contribution in [-0.2, 0) is 17.8 Å². The Morgan fingerprint density at radius 2 is 1.79 bits per heavy atom. The predicted molar refractivity (Wildman–Crippen MR) is 144 cm³/mol. The number of furan rings is 1. The van der Waals surface area contributed by atoms with Crippen molar-refractivity contribution in [3.63, 3.8) is 0 Å². The lowest BCUT2D eigenvalue weighted by atomic mass is 9.94. The molecule has 38 heavy (non-hydrogen) atoms. The molecule has 0 saturated carbocycles. The second kappa shape index (κ2) is 13.2.